The molecule has 3 fully saturated rings. The van der Waals surface area contributed by atoms with Crippen molar-refractivity contribution >= 4 is 47.4 Å². The SMILES string of the molecule is CCNC(=NCC1CN2CCCC2CO1)N1CCN(Cc2ccc(Cl)cc2)C(=O)C1.I. The van der Waals surface area contributed by atoms with E-state index in [0.717, 1.165) is 37.8 Å². The molecule has 3 saturated heterocycles. The average Bonchev–Trinajstić information content (AvgIpc) is 3.22. The number of guanidine groups is 1. The van der Waals surface area contributed by atoms with Crippen LogP contribution in [0.1, 0.15) is 25.3 Å². The van der Waals surface area contributed by atoms with Crippen molar-refractivity contribution in [2.75, 3.05) is 52.4 Å². The number of benzene rings is 1. The number of nitrogens with one attached hydrogen (secondary N) is 1. The minimum absolute atomic E-state index is 0. The monoisotopic (exact) mass is 561 g/mol. The minimum atomic E-state index is 0. The van der Waals surface area contributed by atoms with Crippen LogP contribution in [0, 0.1) is 0 Å². The molecule has 3 aliphatic heterocycles. The van der Waals surface area contributed by atoms with Gasteiger partial charge >= 0.3 is 0 Å². The molecule has 0 aromatic heterocycles. The van der Waals surface area contributed by atoms with Crippen molar-refractivity contribution in [3.8, 4) is 0 Å². The Hall–Kier alpha value is -1.10. The molecule has 0 radical (unpaired) electrons. The lowest BCUT2D eigenvalue weighted by Gasteiger charge is -2.37. The molecule has 0 bridgehead atoms. The van der Waals surface area contributed by atoms with Gasteiger partial charge in [0, 0.05) is 43.8 Å². The van der Waals surface area contributed by atoms with Crippen LogP contribution in [0.15, 0.2) is 29.3 Å². The van der Waals surface area contributed by atoms with Gasteiger partial charge in [0.25, 0.3) is 0 Å². The Bertz CT molecular complexity index is 763. The van der Waals surface area contributed by atoms with Crippen LogP contribution in [0.2, 0.25) is 5.02 Å². The van der Waals surface area contributed by atoms with Gasteiger partial charge in [0.2, 0.25) is 5.91 Å². The van der Waals surface area contributed by atoms with E-state index in [2.05, 4.69) is 22.0 Å². The van der Waals surface area contributed by atoms with E-state index in [1.54, 1.807) is 0 Å². The van der Waals surface area contributed by atoms with E-state index in [4.69, 9.17) is 21.3 Å². The first kappa shape index (κ1) is 24.5. The Kier molecular flexibility index (Phi) is 9.24. The van der Waals surface area contributed by atoms with Crippen LogP contribution in [-0.4, -0.2) is 91.1 Å². The Balaban J connectivity index is 0.00000272. The van der Waals surface area contributed by atoms with E-state index in [9.17, 15) is 4.79 Å². The third-order valence-electron chi connectivity index (χ3n) is 6.15. The number of hydrogen-bond acceptors (Lipinski definition) is 4. The number of aliphatic imine (C=N–C) groups is 1. The molecule has 2 unspecified atom stereocenters. The molecular formula is C22H33ClIN5O2. The van der Waals surface area contributed by atoms with E-state index in [-0.39, 0.29) is 36.0 Å². The van der Waals surface area contributed by atoms with Gasteiger partial charge in [-0.3, -0.25) is 14.7 Å². The number of halogens is 2. The second kappa shape index (κ2) is 11.7. The molecule has 1 aromatic rings. The molecule has 0 spiro atoms. The molecule has 3 aliphatic rings. The first-order valence-electron chi connectivity index (χ1n) is 11.0. The molecule has 0 aliphatic carbocycles. The molecule has 1 N–H and O–H groups in total. The summed E-state index contributed by atoms with van der Waals surface area (Å²) in [7, 11) is 0. The molecule has 0 saturated carbocycles. The topological polar surface area (TPSA) is 60.4 Å². The summed E-state index contributed by atoms with van der Waals surface area (Å²) < 4.78 is 6.04. The fourth-order valence-electron chi connectivity index (χ4n) is 4.48. The van der Waals surface area contributed by atoms with Crippen molar-refractivity contribution in [2.45, 2.75) is 38.5 Å². The number of nitrogens with zero attached hydrogens (tertiary/aromatic N) is 4. The average molecular weight is 562 g/mol. The molecular weight excluding hydrogens is 529 g/mol. The Labute approximate surface area is 207 Å². The number of fused-ring (bicyclic) bond motifs is 1. The summed E-state index contributed by atoms with van der Waals surface area (Å²) in [6.07, 6.45) is 2.66. The highest BCUT2D eigenvalue weighted by Crippen LogP contribution is 2.22. The normalized spacial score (nSPS) is 24.7. The van der Waals surface area contributed by atoms with Crippen molar-refractivity contribution in [1.29, 1.82) is 0 Å². The second-order valence-corrected chi connectivity index (χ2v) is 8.74. The maximum absolute atomic E-state index is 12.8. The fourth-order valence-corrected chi connectivity index (χ4v) is 4.60. The number of morpholine rings is 1. The third kappa shape index (κ3) is 6.46. The first-order valence-corrected chi connectivity index (χ1v) is 11.4. The summed E-state index contributed by atoms with van der Waals surface area (Å²) in [5.41, 5.74) is 1.09. The number of hydrogen-bond donors (Lipinski definition) is 1. The standard InChI is InChI=1S/C22H32ClN5O2.HI/c1-2-24-22(25-12-20-14-26-9-3-4-19(26)16-30-20)28-11-10-27(21(29)15-28)13-17-5-7-18(23)8-6-17;/h5-8,19-20H,2-4,9-16H2,1H3,(H,24,25);1H. The van der Waals surface area contributed by atoms with Crippen molar-refractivity contribution in [3.63, 3.8) is 0 Å². The molecule has 7 nitrogen and oxygen atoms in total. The van der Waals surface area contributed by atoms with Crippen LogP contribution in [0.4, 0.5) is 0 Å². The van der Waals surface area contributed by atoms with Crippen LogP contribution in [-0.2, 0) is 16.1 Å². The van der Waals surface area contributed by atoms with Crippen LogP contribution in [0.5, 0.6) is 0 Å². The van der Waals surface area contributed by atoms with E-state index < -0.39 is 0 Å². The number of rotatable bonds is 5. The van der Waals surface area contributed by atoms with Gasteiger partial charge in [0.05, 0.1) is 25.8 Å². The number of carbonyl (C=O) groups excluding carboxylic acids is 1. The number of ether oxygens (including phenoxy) is 1. The predicted octanol–water partition coefficient (Wildman–Crippen LogP) is 2.43. The van der Waals surface area contributed by atoms with Crippen molar-refractivity contribution in [3.05, 3.63) is 34.9 Å². The highest BCUT2D eigenvalue weighted by Gasteiger charge is 2.32. The summed E-state index contributed by atoms with van der Waals surface area (Å²) in [5, 5.41) is 4.06. The molecule has 1 aromatic carbocycles. The van der Waals surface area contributed by atoms with Crippen LogP contribution >= 0.6 is 35.6 Å². The summed E-state index contributed by atoms with van der Waals surface area (Å²) >= 11 is 5.96. The minimum Gasteiger partial charge on any atom is -0.373 e. The molecule has 9 heteroatoms. The van der Waals surface area contributed by atoms with E-state index in [1.807, 2.05) is 29.2 Å². The zero-order valence-corrected chi connectivity index (χ0v) is 21.2. The third-order valence-corrected chi connectivity index (χ3v) is 6.40. The fraction of sp³-hybridized carbons (Fsp3) is 0.636. The summed E-state index contributed by atoms with van der Waals surface area (Å²) in [6, 6.07) is 8.28. The van der Waals surface area contributed by atoms with E-state index in [0.29, 0.717) is 37.2 Å². The maximum Gasteiger partial charge on any atom is 0.242 e. The quantitative estimate of drug-likeness (QED) is 0.340. The first-order chi connectivity index (χ1) is 14.6. The van der Waals surface area contributed by atoms with Crippen LogP contribution < -0.4 is 5.32 Å². The molecule has 2 atom stereocenters. The van der Waals surface area contributed by atoms with E-state index in [1.165, 1.54) is 19.4 Å². The summed E-state index contributed by atoms with van der Waals surface area (Å²) in [5.74, 6) is 0.930. The van der Waals surface area contributed by atoms with Gasteiger partial charge < -0.3 is 19.9 Å². The van der Waals surface area contributed by atoms with Gasteiger partial charge in [-0.1, -0.05) is 23.7 Å². The van der Waals surface area contributed by atoms with Gasteiger partial charge in [-0.15, -0.1) is 24.0 Å². The van der Waals surface area contributed by atoms with E-state index >= 15 is 0 Å². The largest absolute Gasteiger partial charge is 0.373 e. The molecule has 172 valence electrons. The smallest absolute Gasteiger partial charge is 0.242 e. The van der Waals surface area contributed by atoms with Crippen molar-refractivity contribution in [1.82, 2.24) is 20.0 Å². The highest BCUT2D eigenvalue weighted by molar-refractivity contribution is 14.0. The second-order valence-electron chi connectivity index (χ2n) is 8.30. The lowest BCUT2D eigenvalue weighted by molar-refractivity contribution is -0.135. The van der Waals surface area contributed by atoms with Gasteiger partial charge in [0.15, 0.2) is 5.96 Å². The van der Waals surface area contributed by atoms with Crippen LogP contribution in [0.25, 0.3) is 0 Å². The molecule has 3 heterocycles. The molecule has 31 heavy (non-hydrogen) atoms. The van der Waals surface area contributed by atoms with Crippen molar-refractivity contribution < 1.29 is 9.53 Å². The summed E-state index contributed by atoms with van der Waals surface area (Å²) in [6.45, 7) is 8.83. The molecule has 4 rings (SSSR count). The van der Waals surface area contributed by atoms with Gasteiger partial charge in [0.1, 0.15) is 0 Å². The number of amides is 1. The Morgan fingerprint density at radius 1 is 1.26 bits per heavy atom. The maximum atomic E-state index is 12.8. The number of carbonyl (C=O) groups is 1. The highest BCUT2D eigenvalue weighted by atomic mass is 127. The van der Waals surface area contributed by atoms with Gasteiger partial charge in [-0.2, -0.15) is 0 Å². The predicted molar refractivity (Wildman–Crippen MR) is 134 cm³/mol. The van der Waals surface area contributed by atoms with Gasteiger partial charge in [-0.05, 0) is 44.0 Å². The zero-order valence-electron chi connectivity index (χ0n) is 18.1. The van der Waals surface area contributed by atoms with Crippen LogP contribution in [0.3, 0.4) is 0 Å². The summed E-state index contributed by atoms with van der Waals surface area (Å²) in [4.78, 5) is 24.1. The lowest BCUT2D eigenvalue weighted by atomic mass is 10.2. The zero-order chi connectivity index (χ0) is 20.9. The lowest BCUT2D eigenvalue weighted by Crippen LogP contribution is -2.55. The molecule has 1 amide bonds. The van der Waals surface area contributed by atoms with Crippen molar-refractivity contribution in [2.24, 2.45) is 4.99 Å². The Morgan fingerprint density at radius 3 is 2.81 bits per heavy atom. The Morgan fingerprint density at radius 2 is 2.06 bits per heavy atom. The van der Waals surface area contributed by atoms with Gasteiger partial charge in [-0.25, -0.2) is 0 Å². The number of piperazine rings is 1.